The number of hydrogen-bond donors (Lipinski definition) is 1. The van der Waals surface area contributed by atoms with Crippen LogP contribution in [0.1, 0.15) is 42.6 Å². The average molecular weight is 348 g/mol. The number of nitrogens with one attached hydrogen (secondary N) is 1. The van der Waals surface area contributed by atoms with Gasteiger partial charge < -0.3 is 9.73 Å². The van der Waals surface area contributed by atoms with Crippen molar-refractivity contribution in [3.63, 3.8) is 0 Å². The monoisotopic (exact) mass is 348 g/mol. The van der Waals surface area contributed by atoms with Gasteiger partial charge in [-0.2, -0.15) is 0 Å². The molecule has 1 heterocycles. The number of carbonyl (C=O) groups excluding carboxylic acids is 1. The Bertz CT molecular complexity index is 819. The highest BCUT2D eigenvalue weighted by Crippen LogP contribution is 2.22. The van der Waals surface area contributed by atoms with Crippen molar-refractivity contribution < 1.29 is 17.6 Å². The Balaban J connectivity index is 1.71. The highest BCUT2D eigenvalue weighted by atomic mass is 32.2. The third-order valence-corrected chi connectivity index (χ3v) is 5.34. The minimum Gasteiger partial charge on any atom is -0.444 e. The normalized spacial score (nSPS) is 16.0. The summed E-state index contributed by atoms with van der Waals surface area (Å²) in [6.45, 7) is 0. The number of rotatable bonds is 4. The van der Waals surface area contributed by atoms with Gasteiger partial charge in [0.05, 0.1) is 4.90 Å². The molecule has 3 rings (SSSR count). The fourth-order valence-corrected chi connectivity index (χ4v) is 3.49. The predicted molar refractivity (Wildman–Crippen MR) is 89.4 cm³/mol. The first-order chi connectivity index (χ1) is 11.4. The lowest BCUT2D eigenvalue weighted by Crippen LogP contribution is -2.36. The molecule has 1 saturated carbocycles. The van der Waals surface area contributed by atoms with Crippen molar-refractivity contribution in [3.8, 4) is 11.5 Å². The summed E-state index contributed by atoms with van der Waals surface area (Å²) < 4.78 is 28.3. The maximum Gasteiger partial charge on any atom is 0.273 e. The number of oxazole rings is 1. The Morgan fingerprint density at radius 3 is 2.46 bits per heavy atom. The van der Waals surface area contributed by atoms with Crippen LogP contribution in [0.2, 0.25) is 0 Å². The van der Waals surface area contributed by atoms with Crippen LogP contribution >= 0.6 is 0 Å². The van der Waals surface area contributed by atoms with E-state index in [0.717, 1.165) is 31.9 Å². The SMILES string of the molecule is CS(=O)(=O)c1ccc(-c2nc(C(=O)NC3CCCCC3)co2)cc1. The molecule has 0 unspecified atom stereocenters. The Labute approximate surface area is 141 Å². The van der Waals surface area contributed by atoms with Crippen LogP contribution in [0.5, 0.6) is 0 Å². The molecule has 1 aromatic heterocycles. The fourth-order valence-electron chi connectivity index (χ4n) is 2.86. The van der Waals surface area contributed by atoms with Crippen molar-refractivity contribution in [1.29, 1.82) is 0 Å². The summed E-state index contributed by atoms with van der Waals surface area (Å²) >= 11 is 0. The molecule has 0 bridgehead atoms. The van der Waals surface area contributed by atoms with Gasteiger partial charge in [0.1, 0.15) is 6.26 Å². The van der Waals surface area contributed by atoms with Crippen LogP contribution in [0.3, 0.4) is 0 Å². The van der Waals surface area contributed by atoms with Crippen LogP contribution in [0.25, 0.3) is 11.5 Å². The van der Waals surface area contributed by atoms with Crippen LogP contribution in [0.15, 0.2) is 39.8 Å². The Morgan fingerprint density at radius 2 is 1.83 bits per heavy atom. The van der Waals surface area contributed by atoms with E-state index in [-0.39, 0.29) is 22.5 Å². The topological polar surface area (TPSA) is 89.3 Å². The first-order valence-corrected chi connectivity index (χ1v) is 9.89. The maximum absolute atomic E-state index is 12.2. The van der Waals surface area contributed by atoms with Crippen LogP contribution in [-0.4, -0.2) is 31.6 Å². The van der Waals surface area contributed by atoms with E-state index in [0.29, 0.717) is 11.5 Å². The Kier molecular flexibility index (Phi) is 4.71. The molecule has 0 atom stereocenters. The highest BCUT2D eigenvalue weighted by Gasteiger charge is 2.19. The fraction of sp³-hybridized carbons (Fsp3) is 0.412. The molecular formula is C17H20N2O4S. The Hall–Kier alpha value is -2.15. The molecule has 1 fully saturated rings. The van der Waals surface area contributed by atoms with Crippen LogP contribution in [0.4, 0.5) is 0 Å². The third kappa shape index (κ3) is 3.84. The van der Waals surface area contributed by atoms with Crippen molar-refractivity contribution in [3.05, 3.63) is 36.2 Å². The average Bonchev–Trinajstić information content (AvgIpc) is 3.05. The molecular weight excluding hydrogens is 328 g/mol. The van der Waals surface area contributed by atoms with Crippen molar-refractivity contribution in [1.82, 2.24) is 10.3 Å². The number of benzene rings is 1. The van der Waals surface area contributed by atoms with Crippen molar-refractivity contribution in [2.45, 2.75) is 43.0 Å². The number of aromatic nitrogens is 1. The summed E-state index contributed by atoms with van der Waals surface area (Å²) in [7, 11) is -3.24. The molecule has 1 N–H and O–H groups in total. The smallest absolute Gasteiger partial charge is 0.273 e. The summed E-state index contributed by atoms with van der Waals surface area (Å²) in [5.74, 6) is 0.0634. The molecule has 1 aromatic carbocycles. The molecule has 7 heteroatoms. The molecule has 0 radical (unpaired) electrons. The summed E-state index contributed by atoms with van der Waals surface area (Å²) in [4.78, 5) is 16.7. The second kappa shape index (κ2) is 6.76. The van der Waals surface area contributed by atoms with E-state index < -0.39 is 9.84 Å². The lowest BCUT2D eigenvalue weighted by molar-refractivity contribution is 0.0922. The lowest BCUT2D eigenvalue weighted by atomic mass is 9.95. The largest absolute Gasteiger partial charge is 0.444 e. The van der Waals surface area contributed by atoms with Gasteiger partial charge in [-0.1, -0.05) is 19.3 Å². The zero-order valence-corrected chi connectivity index (χ0v) is 14.3. The van der Waals surface area contributed by atoms with E-state index in [4.69, 9.17) is 4.42 Å². The minimum absolute atomic E-state index is 0.209. The van der Waals surface area contributed by atoms with Crippen LogP contribution in [-0.2, 0) is 9.84 Å². The summed E-state index contributed by atoms with van der Waals surface area (Å²) in [5, 5.41) is 2.99. The number of carbonyl (C=O) groups is 1. The molecule has 0 spiro atoms. The minimum atomic E-state index is -3.24. The first-order valence-electron chi connectivity index (χ1n) is 8.00. The van der Waals surface area contributed by atoms with Gasteiger partial charge in [-0.25, -0.2) is 13.4 Å². The number of nitrogens with zero attached hydrogens (tertiary/aromatic N) is 1. The molecule has 24 heavy (non-hydrogen) atoms. The molecule has 1 aliphatic rings. The zero-order chi connectivity index (χ0) is 17.2. The Morgan fingerprint density at radius 1 is 1.17 bits per heavy atom. The van der Waals surface area contributed by atoms with Gasteiger partial charge in [-0.3, -0.25) is 4.79 Å². The van der Waals surface area contributed by atoms with Crippen molar-refractivity contribution >= 4 is 15.7 Å². The molecule has 2 aromatic rings. The highest BCUT2D eigenvalue weighted by molar-refractivity contribution is 7.90. The van der Waals surface area contributed by atoms with Gasteiger partial charge in [-0.15, -0.1) is 0 Å². The van der Waals surface area contributed by atoms with Gasteiger partial charge in [0, 0.05) is 17.9 Å². The molecule has 128 valence electrons. The van der Waals surface area contributed by atoms with Gasteiger partial charge in [0.25, 0.3) is 5.91 Å². The van der Waals surface area contributed by atoms with E-state index in [1.165, 1.54) is 24.8 Å². The third-order valence-electron chi connectivity index (χ3n) is 4.21. The van der Waals surface area contributed by atoms with Crippen LogP contribution in [0, 0.1) is 0 Å². The number of amides is 1. The first kappa shape index (κ1) is 16.7. The quantitative estimate of drug-likeness (QED) is 0.918. The van der Waals surface area contributed by atoms with E-state index in [1.807, 2.05) is 0 Å². The van der Waals surface area contributed by atoms with E-state index in [2.05, 4.69) is 10.3 Å². The molecule has 6 nitrogen and oxygen atoms in total. The predicted octanol–water partition coefficient (Wildman–Crippen LogP) is 2.81. The standard InChI is InChI=1S/C17H20N2O4S/c1-24(21,22)14-9-7-12(8-10-14)17-19-15(11-23-17)16(20)18-13-5-3-2-4-6-13/h7-11,13H,2-6H2,1H3,(H,18,20). The van der Waals surface area contributed by atoms with Crippen molar-refractivity contribution in [2.75, 3.05) is 6.26 Å². The second-order valence-corrected chi connectivity index (χ2v) is 8.16. The lowest BCUT2D eigenvalue weighted by Gasteiger charge is -2.22. The van der Waals surface area contributed by atoms with Crippen molar-refractivity contribution in [2.24, 2.45) is 0 Å². The number of sulfone groups is 1. The van der Waals surface area contributed by atoms with Gasteiger partial charge >= 0.3 is 0 Å². The summed E-state index contributed by atoms with van der Waals surface area (Å²) in [6.07, 6.45) is 8.00. The summed E-state index contributed by atoms with van der Waals surface area (Å²) in [6, 6.07) is 6.43. The number of hydrogen-bond acceptors (Lipinski definition) is 5. The maximum atomic E-state index is 12.2. The van der Waals surface area contributed by atoms with E-state index in [1.54, 1.807) is 12.1 Å². The molecule has 1 aliphatic carbocycles. The zero-order valence-electron chi connectivity index (χ0n) is 13.5. The van der Waals surface area contributed by atoms with Gasteiger partial charge in [-0.05, 0) is 37.1 Å². The second-order valence-electron chi connectivity index (χ2n) is 6.14. The molecule has 0 aliphatic heterocycles. The van der Waals surface area contributed by atoms with E-state index >= 15 is 0 Å². The van der Waals surface area contributed by atoms with Gasteiger partial charge in [0.2, 0.25) is 5.89 Å². The van der Waals surface area contributed by atoms with Gasteiger partial charge in [0.15, 0.2) is 15.5 Å². The molecule has 0 saturated heterocycles. The summed E-state index contributed by atoms with van der Waals surface area (Å²) in [5.41, 5.74) is 0.863. The van der Waals surface area contributed by atoms with E-state index in [9.17, 15) is 13.2 Å². The van der Waals surface area contributed by atoms with Crippen LogP contribution < -0.4 is 5.32 Å². The molecule has 1 amide bonds.